The fourth-order valence-corrected chi connectivity index (χ4v) is 2.38. The van der Waals surface area contributed by atoms with Gasteiger partial charge in [0, 0.05) is 25.3 Å². The van der Waals surface area contributed by atoms with E-state index in [4.69, 9.17) is 0 Å². The zero-order chi connectivity index (χ0) is 13.1. The number of nitrogens with one attached hydrogen (secondary N) is 2. The fraction of sp³-hybridized carbons (Fsp3) is 0.500. The third-order valence-electron chi connectivity index (χ3n) is 3.52. The number of benzene rings is 1. The molecule has 1 heterocycles. The van der Waals surface area contributed by atoms with Crippen molar-refractivity contribution < 1.29 is 4.79 Å². The predicted molar refractivity (Wildman–Crippen MR) is 73.8 cm³/mol. The van der Waals surface area contributed by atoms with Crippen LogP contribution in [0.5, 0.6) is 0 Å². The summed E-state index contributed by atoms with van der Waals surface area (Å²) in [5.74, 6) is 0.109. The molecule has 18 heavy (non-hydrogen) atoms. The van der Waals surface area contributed by atoms with Gasteiger partial charge in [0.05, 0.1) is 0 Å². The van der Waals surface area contributed by atoms with Crippen LogP contribution >= 0.6 is 0 Å². The van der Waals surface area contributed by atoms with Gasteiger partial charge in [0.25, 0.3) is 0 Å². The minimum absolute atomic E-state index is 0.0895. The van der Waals surface area contributed by atoms with Gasteiger partial charge in [-0.2, -0.15) is 0 Å². The zero-order valence-electron chi connectivity index (χ0n) is 11.3. The van der Waals surface area contributed by atoms with E-state index in [2.05, 4.69) is 40.7 Å². The zero-order valence-corrected chi connectivity index (χ0v) is 11.3. The number of aryl methyl sites for hydroxylation is 1. The fourth-order valence-electron chi connectivity index (χ4n) is 2.38. The lowest BCUT2D eigenvalue weighted by Gasteiger charge is -2.35. The van der Waals surface area contributed by atoms with Crippen LogP contribution in [0.3, 0.4) is 0 Å². The summed E-state index contributed by atoms with van der Waals surface area (Å²) in [5.41, 5.74) is 3.70. The van der Waals surface area contributed by atoms with Gasteiger partial charge in [-0.15, -0.1) is 0 Å². The van der Waals surface area contributed by atoms with Crippen LogP contribution in [0.4, 0.5) is 5.69 Å². The van der Waals surface area contributed by atoms with Crippen LogP contribution in [-0.4, -0.2) is 32.1 Å². The molecular formula is C14H21N3O. The molecule has 1 aromatic carbocycles. The van der Waals surface area contributed by atoms with Gasteiger partial charge in [-0.05, 0) is 44.2 Å². The highest BCUT2D eigenvalue weighted by Crippen LogP contribution is 2.22. The molecule has 1 aliphatic heterocycles. The molecule has 0 aliphatic carbocycles. The normalized spacial score (nSPS) is 19.8. The van der Waals surface area contributed by atoms with Gasteiger partial charge in [-0.1, -0.05) is 6.07 Å². The Labute approximate surface area is 108 Å². The van der Waals surface area contributed by atoms with E-state index in [1.807, 2.05) is 14.0 Å². The topological polar surface area (TPSA) is 44.4 Å². The molecule has 0 spiro atoms. The van der Waals surface area contributed by atoms with Crippen molar-refractivity contribution in [3.63, 3.8) is 0 Å². The maximum atomic E-state index is 11.7. The first-order chi connectivity index (χ1) is 8.63. The molecule has 1 unspecified atom stereocenters. The van der Waals surface area contributed by atoms with Gasteiger partial charge in [-0.25, -0.2) is 0 Å². The predicted octanol–water partition coefficient (Wildman–Crippen LogP) is 1.04. The Morgan fingerprint density at radius 3 is 2.94 bits per heavy atom. The SMILES string of the molecule is CNCc1ccc(N2CCNC(=O)C2C)cc1C. The molecule has 0 saturated carbocycles. The van der Waals surface area contributed by atoms with Crippen LogP contribution < -0.4 is 15.5 Å². The summed E-state index contributed by atoms with van der Waals surface area (Å²) in [6.45, 7) is 6.54. The third-order valence-corrected chi connectivity index (χ3v) is 3.52. The van der Waals surface area contributed by atoms with Gasteiger partial charge >= 0.3 is 0 Å². The van der Waals surface area contributed by atoms with E-state index in [9.17, 15) is 4.79 Å². The van der Waals surface area contributed by atoms with Crippen molar-refractivity contribution in [1.82, 2.24) is 10.6 Å². The van der Waals surface area contributed by atoms with Crippen molar-refractivity contribution in [3.05, 3.63) is 29.3 Å². The molecule has 1 atom stereocenters. The van der Waals surface area contributed by atoms with Gasteiger partial charge in [-0.3, -0.25) is 4.79 Å². The Morgan fingerprint density at radius 2 is 2.28 bits per heavy atom. The maximum absolute atomic E-state index is 11.7. The first kappa shape index (κ1) is 12.9. The summed E-state index contributed by atoms with van der Waals surface area (Å²) in [7, 11) is 1.95. The molecule has 1 saturated heterocycles. The molecule has 2 rings (SSSR count). The second kappa shape index (κ2) is 5.40. The highest BCUT2D eigenvalue weighted by Gasteiger charge is 2.25. The van der Waals surface area contributed by atoms with Crippen LogP contribution in [-0.2, 0) is 11.3 Å². The molecule has 1 amide bonds. The van der Waals surface area contributed by atoms with E-state index in [1.54, 1.807) is 0 Å². The van der Waals surface area contributed by atoms with Crippen molar-refractivity contribution in [2.24, 2.45) is 0 Å². The van der Waals surface area contributed by atoms with Crippen molar-refractivity contribution in [1.29, 1.82) is 0 Å². The average molecular weight is 247 g/mol. The first-order valence-electron chi connectivity index (χ1n) is 6.42. The molecule has 1 fully saturated rings. The Morgan fingerprint density at radius 1 is 1.50 bits per heavy atom. The van der Waals surface area contributed by atoms with Crippen molar-refractivity contribution >= 4 is 11.6 Å². The van der Waals surface area contributed by atoms with Gasteiger partial charge in [0.15, 0.2) is 0 Å². The largest absolute Gasteiger partial charge is 0.358 e. The number of piperazine rings is 1. The summed E-state index contributed by atoms with van der Waals surface area (Å²) in [5, 5.41) is 6.05. The highest BCUT2D eigenvalue weighted by atomic mass is 16.2. The summed E-state index contributed by atoms with van der Waals surface area (Å²) in [6, 6.07) is 6.32. The van der Waals surface area contributed by atoms with Crippen LogP contribution in [0.25, 0.3) is 0 Å². The summed E-state index contributed by atoms with van der Waals surface area (Å²) < 4.78 is 0. The van der Waals surface area contributed by atoms with Crippen molar-refractivity contribution in [2.75, 3.05) is 25.0 Å². The Bertz CT molecular complexity index is 445. The molecule has 1 aliphatic rings. The second-order valence-corrected chi connectivity index (χ2v) is 4.80. The molecule has 4 heteroatoms. The van der Waals surface area contributed by atoms with Crippen molar-refractivity contribution in [3.8, 4) is 0 Å². The quantitative estimate of drug-likeness (QED) is 0.839. The van der Waals surface area contributed by atoms with Crippen LogP contribution in [0.15, 0.2) is 18.2 Å². The summed E-state index contributed by atoms with van der Waals surface area (Å²) in [6.07, 6.45) is 0. The molecule has 0 radical (unpaired) electrons. The lowest BCUT2D eigenvalue weighted by molar-refractivity contribution is -0.122. The third kappa shape index (κ3) is 2.48. The summed E-state index contributed by atoms with van der Waals surface area (Å²) in [4.78, 5) is 13.8. The lowest BCUT2D eigenvalue weighted by Crippen LogP contribution is -2.54. The molecule has 1 aromatic rings. The van der Waals surface area contributed by atoms with E-state index in [1.165, 1.54) is 11.1 Å². The minimum Gasteiger partial charge on any atom is -0.358 e. The number of carbonyl (C=O) groups is 1. The van der Waals surface area contributed by atoms with Gasteiger partial charge in [0.2, 0.25) is 5.91 Å². The summed E-state index contributed by atoms with van der Waals surface area (Å²) >= 11 is 0. The van der Waals surface area contributed by atoms with E-state index < -0.39 is 0 Å². The Balaban J connectivity index is 2.23. The Hall–Kier alpha value is -1.55. The van der Waals surface area contributed by atoms with Crippen LogP contribution in [0.1, 0.15) is 18.1 Å². The number of rotatable bonds is 3. The van der Waals surface area contributed by atoms with E-state index in [-0.39, 0.29) is 11.9 Å². The molecule has 2 N–H and O–H groups in total. The molecular weight excluding hydrogens is 226 g/mol. The standard InChI is InChI=1S/C14H21N3O/c1-10-8-13(5-4-12(10)9-15-3)17-7-6-16-14(18)11(17)2/h4-5,8,11,15H,6-7,9H2,1-3H3,(H,16,18). The minimum atomic E-state index is -0.0895. The number of amides is 1. The number of anilines is 1. The second-order valence-electron chi connectivity index (χ2n) is 4.80. The van der Waals surface area contributed by atoms with Crippen LogP contribution in [0.2, 0.25) is 0 Å². The first-order valence-corrected chi connectivity index (χ1v) is 6.42. The molecule has 4 nitrogen and oxygen atoms in total. The number of nitrogens with zero attached hydrogens (tertiary/aromatic N) is 1. The number of carbonyl (C=O) groups excluding carboxylic acids is 1. The maximum Gasteiger partial charge on any atom is 0.242 e. The monoisotopic (exact) mass is 247 g/mol. The van der Waals surface area contributed by atoms with Gasteiger partial charge < -0.3 is 15.5 Å². The number of hydrogen-bond donors (Lipinski definition) is 2. The van der Waals surface area contributed by atoms with Crippen LogP contribution in [0, 0.1) is 6.92 Å². The Kier molecular flexibility index (Phi) is 3.87. The molecule has 0 bridgehead atoms. The van der Waals surface area contributed by atoms with E-state index in [0.29, 0.717) is 0 Å². The van der Waals surface area contributed by atoms with Gasteiger partial charge in [0.1, 0.15) is 6.04 Å². The smallest absolute Gasteiger partial charge is 0.242 e. The van der Waals surface area contributed by atoms with Crippen molar-refractivity contribution in [2.45, 2.75) is 26.4 Å². The van der Waals surface area contributed by atoms with E-state index in [0.717, 1.165) is 25.3 Å². The highest BCUT2D eigenvalue weighted by molar-refractivity contribution is 5.86. The molecule has 98 valence electrons. The average Bonchev–Trinajstić information content (AvgIpc) is 2.35. The number of hydrogen-bond acceptors (Lipinski definition) is 3. The lowest BCUT2D eigenvalue weighted by atomic mass is 10.1. The van der Waals surface area contributed by atoms with E-state index >= 15 is 0 Å². The molecule has 0 aromatic heterocycles.